The fourth-order valence-corrected chi connectivity index (χ4v) is 4.19. The fraction of sp³-hybridized carbons (Fsp3) is 0.450. The summed E-state index contributed by atoms with van der Waals surface area (Å²) in [4.78, 5) is 12.8. The molecule has 8 heteroatoms. The largest absolute Gasteiger partial charge is 0.469 e. The summed E-state index contributed by atoms with van der Waals surface area (Å²) in [5, 5.41) is 8.43. The molecule has 1 fully saturated rings. The lowest BCUT2D eigenvalue weighted by Crippen LogP contribution is -2.17. The first-order valence-electron chi connectivity index (χ1n) is 9.35. The van der Waals surface area contributed by atoms with E-state index in [1.165, 1.54) is 11.8 Å². The first-order chi connectivity index (χ1) is 13.5. The van der Waals surface area contributed by atoms with Crippen LogP contribution in [-0.4, -0.2) is 39.0 Å². The van der Waals surface area contributed by atoms with Gasteiger partial charge in [-0.05, 0) is 45.7 Å². The summed E-state index contributed by atoms with van der Waals surface area (Å²) < 4.78 is 18.8. The molecule has 0 aliphatic carbocycles. The van der Waals surface area contributed by atoms with Gasteiger partial charge in [-0.3, -0.25) is 4.79 Å². The highest BCUT2D eigenvalue weighted by atomic mass is 32.2. The minimum Gasteiger partial charge on any atom is -0.469 e. The molecular weight excluding hydrogens is 378 g/mol. The summed E-state index contributed by atoms with van der Waals surface area (Å²) in [6.07, 6.45) is 4.01. The molecule has 4 rings (SSSR count). The molecule has 148 valence electrons. The summed E-state index contributed by atoms with van der Waals surface area (Å²) >= 11 is 1.25. The second-order valence-corrected chi connectivity index (χ2v) is 7.93. The van der Waals surface area contributed by atoms with E-state index in [2.05, 4.69) is 14.8 Å². The number of ketones is 1. The molecule has 0 amide bonds. The average Bonchev–Trinajstić information content (AvgIpc) is 3.45. The van der Waals surface area contributed by atoms with Gasteiger partial charge in [0.15, 0.2) is 5.78 Å². The predicted molar refractivity (Wildman–Crippen MR) is 105 cm³/mol. The van der Waals surface area contributed by atoms with Crippen LogP contribution in [0.2, 0.25) is 0 Å². The van der Waals surface area contributed by atoms with Crippen LogP contribution in [-0.2, 0) is 11.3 Å². The molecule has 1 aliphatic rings. The smallest absolute Gasteiger partial charge is 0.277 e. The van der Waals surface area contributed by atoms with Crippen LogP contribution in [0.1, 0.15) is 40.3 Å². The van der Waals surface area contributed by atoms with Gasteiger partial charge in [0.25, 0.3) is 11.1 Å². The molecular formula is C20H23N3O4S. The number of carbonyl (C=O) groups excluding carboxylic acids is 1. The maximum absolute atomic E-state index is 12.8. The molecule has 1 aliphatic heterocycles. The minimum absolute atomic E-state index is 0.0518. The van der Waals surface area contributed by atoms with Crippen molar-refractivity contribution in [1.82, 2.24) is 14.8 Å². The van der Waals surface area contributed by atoms with Crippen LogP contribution in [0.5, 0.6) is 0 Å². The number of hydrogen-bond acceptors (Lipinski definition) is 7. The third-order valence-electron chi connectivity index (χ3n) is 5.11. The van der Waals surface area contributed by atoms with Crippen molar-refractivity contribution in [3.05, 3.63) is 41.1 Å². The second kappa shape index (κ2) is 7.97. The molecule has 4 heterocycles. The number of Topliss-reactive ketones (excluding diaryl/α,β-unsaturated/α-hetero) is 1. The van der Waals surface area contributed by atoms with Gasteiger partial charge in [0.2, 0.25) is 0 Å². The Bertz CT molecular complexity index is 982. The first-order valence-corrected chi connectivity index (χ1v) is 10.3. The Morgan fingerprint density at radius 2 is 2.18 bits per heavy atom. The van der Waals surface area contributed by atoms with E-state index in [-0.39, 0.29) is 17.6 Å². The maximum atomic E-state index is 12.8. The molecule has 3 aromatic rings. The number of aryl methyl sites for hydroxylation is 2. The first kappa shape index (κ1) is 19.0. The summed E-state index contributed by atoms with van der Waals surface area (Å²) in [6, 6.07) is 3.74. The van der Waals surface area contributed by atoms with Gasteiger partial charge in [-0.25, -0.2) is 0 Å². The summed E-state index contributed by atoms with van der Waals surface area (Å²) in [7, 11) is 0. The molecule has 1 saturated heterocycles. The van der Waals surface area contributed by atoms with Crippen LogP contribution in [0.15, 0.2) is 32.5 Å². The Morgan fingerprint density at radius 3 is 2.89 bits per heavy atom. The van der Waals surface area contributed by atoms with Crippen molar-refractivity contribution >= 4 is 17.5 Å². The lowest BCUT2D eigenvalue weighted by atomic mass is 10.2. The molecule has 28 heavy (non-hydrogen) atoms. The number of hydrogen-bond donors (Lipinski definition) is 0. The number of ether oxygens (including phenoxy) is 1. The van der Waals surface area contributed by atoms with Gasteiger partial charge in [0.05, 0.1) is 23.7 Å². The average molecular weight is 401 g/mol. The van der Waals surface area contributed by atoms with Crippen molar-refractivity contribution in [2.75, 3.05) is 12.4 Å². The Kier molecular flexibility index (Phi) is 5.41. The van der Waals surface area contributed by atoms with E-state index in [1.54, 1.807) is 12.3 Å². The third-order valence-corrected chi connectivity index (χ3v) is 5.93. The number of aromatic nitrogens is 3. The van der Waals surface area contributed by atoms with Crippen LogP contribution in [0.25, 0.3) is 11.5 Å². The van der Waals surface area contributed by atoms with Crippen molar-refractivity contribution in [2.45, 2.75) is 51.5 Å². The molecule has 0 aromatic carbocycles. The number of thioether (sulfide) groups is 1. The Morgan fingerprint density at radius 1 is 1.32 bits per heavy atom. The lowest BCUT2D eigenvalue weighted by molar-refractivity contribution is 0.0957. The number of furan rings is 1. The van der Waals surface area contributed by atoms with E-state index in [0.717, 1.165) is 54.3 Å². The molecule has 0 bridgehead atoms. The normalized spacial score (nSPS) is 16.8. The number of carbonyl (C=O) groups is 1. The monoisotopic (exact) mass is 401 g/mol. The number of rotatable bonds is 7. The maximum Gasteiger partial charge on any atom is 0.277 e. The van der Waals surface area contributed by atoms with E-state index in [1.807, 2.05) is 26.8 Å². The van der Waals surface area contributed by atoms with Crippen LogP contribution < -0.4 is 0 Å². The molecule has 0 radical (unpaired) electrons. The fourth-order valence-electron chi connectivity index (χ4n) is 3.55. The highest BCUT2D eigenvalue weighted by Crippen LogP contribution is 2.27. The molecule has 7 nitrogen and oxygen atoms in total. The van der Waals surface area contributed by atoms with Crippen LogP contribution in [0.4, 0.5) is 0 Å². The zero-order valence-electron chi connectivity index (χ0n) is 16.2. The van der Waals surface area contributed by atoms with Gasteiger partial charge in [-0.1, -0.05) is 11.8 Å². The van der Waals surface area contributed by atoms with E-state index in [9.17, 15) is 4.79 Å². The third kappa shape index (κ3) is 3.79. The minimum atomic E-state index is 0.0518. The van der Waals surface area contributed by atoms with Crippen LogP contribution >= 0.6 is 11.8 Å². The van der Waals surface area contributed by atoms with E-state index in [4.69, 9.17) is 13.6 Å². The van der Waals surface area contributed by atoms with Gasteiger partial charge in [0.1, 0.15) is 5.76 Å². The molecule has 0 spiro atoms. The zero-order chi connectivity index (χ0) is 19.7. The molecule has 1 atom stereocenters. The van der Waals surface area contributed by atoms with Crippen molar-refractivity contribution in [1.29, 1.82) is 0 Å². The Hall–Kier alpha value is -2.32. The molecule has 0 saturated carbocycles. The van der Waals surface area contributed by atoms with Gasteiger partial charge in [0, 0.05) is 30.1 Å². The molecule has 0 unspecified atom stereocenters. The zero-order valence-corrected chi connectivity index (χ0v) is 17.0. The summed E-state index contributed by atoms with van der Waals surface area (Å²) in [5.41, 5.74) is 3.58. The predicted octanol–water partition coefficient (Wildman–Crippen LogP) is 4.21. The van der Waals surface area contributed by atoms with Crippen molar-refractivity contribution in [2.24, 2.45) is 0 Å². The highest BCUT2D eigenvalue weighted by molar-refractivity contribution is 7.99. The van der Waals surface area contributed by atoms with E-state index >= 15 is 0 Å². The van der Waals surface area contributed by atoms with E-state index < -0.39 is 0 Å². The van der Waals surface area contributed by atoms with Crippen LogP contribution in [0.3, 0.4) is 0 Å². The van der Waals surface area contributed by atoms with Gasteiger partial charge in [-0.2, -0.15) is 0 Å². The summed E-state index contributed by atoms with van der Waals surface area (Å²) in [6.45, 7) is 7.49. The van der Waals surface area contributed by atoms with Crippen molar-refractivity contribution in [3.63, 3.8) is 0 Å². The SMILES string of the molecule is Cc1occc1-c1nnc(SCC(=O)c2cc(C)n(C[C@@H]3CCCO3)c2C)o1. The summed E-state index contributed by atoms with van der Waals surface area (Å²) in [5.74, 6) is 1.41. The standard InChI is InChI=1S/C20H23N3O4S/c1-12-9-17(13(2)23(12)10-15-5-4-7-26-15)18(24)11-28-20-22-21-19(27-20)16-6-8-25-14(16)3/h6,8-9,15H,4-5,7,10-11H2,1-3H3/t15-/m0/s1. The highest BCUT2D eigenvalue weighted by Gasteiger charge is 2.22. The van der Waals surface area contributed by atoms with Crippen LogP contribution in [0, 0.1) is 20.8 Å². The van der Waals surface area contributed by atoms with Crippen molar-refractivity contribution in [3.8, 4) is 11.5 Å². The number of nitrogens with zero attached hydrogens (tertiary/aromatic N) is 3. The van der Waals surface area contributed by atoms with Gasteiger partial charge in [-0.15, -0.1) is 10.2 Å². The topological polar surface area (TPSA) is 83.3 Å². The quantitative estimate of drug-likeness (QED) is 0.433. The van der Waals surface area contributed by atoms with Crippen molar-refractivity contribution < 1.29 is 18.4 Å². The van der Waals surface area contributed by atoms with Gasteiger partial charge >= 0.3 is 0 Å². The van der Waals surface area contributed by atoms with Gasteiger partial charge < -0.3 is 18.1 Å². The Labute approximate surface area is 167 Å². The molecule has 3 aromatic heterocycles. The Balaban J connectivity index is 1.41. The molecule has 0 N–H and O–H groups in total. The second-order valence-electron chi connectivity index (χ2n) is 7.01. The van der Waals surface area contributed by atoms with E-state index in [0.29, 0.717) is 11.1 Å². The lowest BCUT2D eigenvalue weighted by Gasteiger charge is -2.14.